The Morgan fingerprint density at radius 2 is 2.21 bits per heavy atom. The van der Waals surface area contributed by atoms with Crippen molar-refractivity contribution in [1.29, 1.82) is 0 Å². The molecule has 1 rings (SSSR count). The van der Waals surface area contributed by atoms with Crippen molar-refractivity contribution in [2.75, 3.05) is 6.61 Å². The maximum Gasteiger partial charge on any atom is 0.141 e. The SMILES string of the molecule is CC(C)OCC(O)c1cncc(F)c1. The topological polar surface area (TPSA) is 42.4 Å². The van der Waals surface area contributed by atoms with Crippen LogP contribution in [0.25, 0.3) is 0 Å². The zero-order valence-electron chi connectivity index (χ0n) is 8.27. The van der Waals surface area contributed by atoms with Gasteiger partial charge in [0.25, 0.3) is 0 Å². The smallest absolute Gasteiger partial charge is 0.141 e. The van der Waals surface area contributed by atoms with E-state index in [1.165, 1.54) is 12.3 Å². The lowest BCUT2D eigenvalue weighted by atomic mass is 10.2. The molecule has 1 aromatic rings. The number of aliphatic hydroxyl groups is 1. The lowest BCUT2D eigenvalue weighted by Crippen LogP contribution is -2.12. The van der Waals surface area contributed by atoms with Crippen molar-refractivity contribution in [2.24, 2.45) is 0 Å². The summed E-state index contributed by atoms with van der Waals surface area (Å²) in [6.45, 7) is 3.90. The third-order valence-electron chi connectivity index (χ3n) is 1.70. The quantitative estimate of drug-likeness (QED) is 0.802. The Hall–Kier alpha value is -1.00. The molecule has 0 aliphatic rings. The van der Waals surface area contributed by atoms with Crippen LogP contribution in [-0.4, -0.2) is 22.8 Å². The first-order valence-corrected chi connectivity index (χ1v) is 4.49. The molecule has 78 valence electrons. The third kappa shape index (κ3) is 3.40. The fraction of sp³-hybridized carbons (Fsp3) is 0.500. The van der Waals surface area contributed by atoms with Crippen molar-refractivity contribution in [2.45, 2.75) is 26.1 Å². The molecule has 1 heterocycles. The van der Waals surface area contributed by atoms with Gasteiger partial charge >= 0.3 is 0 Å². The van der Waals surface area contributed by atoms with Gasteiger partial charge in [-0.15, -0.1) is 0 Å². The molecule has 4 heteroatoms. The molecule has 0 fully saturated rings. The summed E-state index contributed by atoms with van der Waals surface area (Å²) in [5.41, 5.74) is 0.436. The number of aliphatic hydroxyl groups excluding tert-OH is 1. The molecule has 0 spiro atoms. The number of rotatable bonds is 4. The number of aromatic nitrogens is 1. The van der Waals surface area contributed by atoms with Crippen LogP contribution in [0.1, 0.15) is 25.5 Å². The molecule has 1 aromatic heterocycles. The molecule has 0 aliphatic carbocycles. The van der Waals surface area contributed by atoms with Crippen molar-refractivity contribution in [3.8, 4) is 0 Å². The van der Waals surface area contributed by atoms with Crippen molar-refractivity contribution in [3.63, 3.8) is 0 Å². The van der Waals surface area contributed by atoms with E-state index in [1.807, 2.05) is 13.8 Å². The standard InChI is InChI=1S/C10H14FNO2/c1-7(2)14-6-10(13)8-3-9(11)5-12-4-8/h3-5,7,10,13H,6H2,1-2H3. The molecule has 0 bridgehead atoms. The highest BCUT2D eigenvalue weighted by molar-refractivity contribution is 5.13. The Labute approximate surface area is 82.5 Å². The van der Waals surface area contributed by atoms with E-state index in [-0.39, 0.29) is 12.7 Å². The largest absolute Gasteiger partial charge is 0.386 e. The molecule has 0 amide bonds. The van der Waals surface area contributed by atoms with Gasteiger partial charge in [-0.1, -0.05) is 0 Å². The fourth-order valence-electron chi connectivity index (χ4n) is 0.990. The van der Waals surface area contributed by atoms with Gasteiger partial charge in [0.1, 0.15) is 11.9 Å². The van der Waals surface area contributed by atoms with E-state index in [1.54, 1.807) is 0 Å². The molecule has 0 saturated carbocycles. The molecule has 0 saturated heterocycles. The van der Waals surface area contributed by atoms with Crippen molar-refractivity contribution < 1.29 is 14.2 Å². The average Bonchev–Trinajstić information content (AvgIpc) is 2.14. The summed E-state index contributed by atoms with van der Waals surface area (Å²) in [6, 6.07) is 1.25. The zero-order valence-corrected chi connectivity index (χ0v) is 8.27. The predicted molar refractivity (Wildman–Crippen MR) is 50.2 cm³/mol. The molecule has 1 unspecified atom stereocenters. The number of hydrogen-bond acceptors (Lipinski definition) is 3. The summed E-state index contributed by atoms with van der Waals surface area (Å²) in [6.07, 6.45) is 1.75. The van der Waals surface area contributed by atoms with Gasteiger partial charge in [0, 0.05) is 11.8 Å². The normalized spacial score (nSPS) is 13.2. The first-order chi connectivity index (χ1) is 6.59. The van der Waals surface area contributed by atoms with E-state index in [9.17, 15) is 9.50 Å². The van der Waals surface area contributed by atoms with Crippen LogP contribution in [0.3, 0.4) is 0 Å². The van der Waals surface area contributed by atoms with Gasteiger partial charge in [-0.3, -0.25) is 4.98 Å². The van der Waals surface area contributed by atoms with E-state index in [0.29, 0.717) is 5.56 Å². The number of hydrogen-bond donors (Lipinski definition) is 1. The second kappa shape index (κ2) is 5.02. The summed E-state index contributed by atoms with van der Waals surface area (Å²) < 4.78 is 17.9. The predicted octanol–water partition coefficient (Wildman–Crippen LogP) is 1.68. The Kier molecular flexibility index (Phi) is 3.98. The fourth-order valence-corrected chi connectivity index (χ4v) is 0.990. The van der Waals surface area contributed by atoms with Gasteiger partial charge in [0.2, 0.25) is 0 Å². The first kappa shape index (κ1) is 11.1. The Morgan fingerprint density at radius 1 is 1.50 bits per heavy atom. The Morgan fingerprint density at radius 3 is 2.79 bits per heavy atom. The molecule has 3 nitrogen and oxygen atoms in total. The van der Waals surface area contributed by atoms with Crippen LogP contribution in [0.4, 0.5) is 4.39 Å². The lowest BCUT2D eigenvalue weighted by molar-refractivity contribution is 0.00469. The molecular formula is C10H14FNO2. The monoisotopic (exact) mass is 199 g/mol. The van der Waals surface area contributed by atoms with Gasteiger partial charge in [-0.25, -0.2) is 4.39 Å². The van der Waals surface area contributed by atoms with Gasteiger partial charge in [-0.2, -0.15) is 0 Å². The number of ether oxygens (including phenoxy) is 1. The van der Waals surface area contributed by atoms with Crippen LogP contribution in [0.2, 0.25) is 0 Å². The van der Waals surface area contributed by atoms with E-state index in [4.69, 9.17) is 4.74 Å². The summed E-state index contributed by atoms with van der Waals surface area (Å²) in [4.78, 5) is 3.64. The number of nitrogens with zero attached hydrogens (tertiary/aromatic N) is 1. The average molecular weight is 199 g/mol. The van der Waals surface area contributed by atoms with Crippen LogP contribution in [0, 0.1) is 5.82 Å². The highest BCUT2D eigenvalue weighted by Gasteiger charge is 2.09. The van der Waals surface area contributed by atoms with Crippen LogP contribution in [-0.2, 0) is 4.74 Å². The molecule has 1 atom stereocenters. The lowest BCUT2D eigenvalue weighted by Gasteiger charge is -2.13. The van der Waals surface area contributed by atoms with Crippen LogP contribution in [0.15, 0.2) is 18.5 Å². The van der Waals surface area contributed by atoms with Crippen LogP contribution in [0.5, 0.6) is 0 Å². The third-order valence-corrected chi connectivity index (χ3v) is 1.70. The number of pyridine rings is 1. The Bertz CT molecular complexity index is 291. The highest BCUT2D eigenvalue weighted by atomic mass is 19.1. The van der Waals surface area contributed by atoms with Crippen molar-refractivity contribution >= 4 is 0 Å². The maximum absolute atomic E-state index is 12.7. The van der Waals surface area contributed by atoms with E-state index in [2.05, 4.69) is 4.98 Å². The molecule has 0 aromatic carbocycles. The summed E-state index contributed by atoms with van der Waals surface area (Å²) >= 11 is 0. The summed E-state index contributed by atoms with van der Waals surface area (Å²) in [7, 11) is 0. The molecule has 0 radical (unpaired) electrons. The van der Waals surface area contributed by atoms with Gasteiger partial charge in [-0.05, 0) is 19.9 Å². The van der Waals surface area contributed by atoms with E-state index >= 15 is 0 Å². The summed E-state index contributed by atoms with van der Waals surface area (Å²) in [5, 5.41) is 9.56. The highest BCUT2D eigenvalue weighted by Crippen LogP contribution is 2.13. The Balaban J connectivity index is 2.56. The minimum Gasteiger partial charge on any atom is -0.386 e. The van der Waals surface area contributed by atoms with Gasteiger partial charge in [0.05, 0.1) is 18.9 Å². The van der Waals surface area contributed by atoms with Crippen LogP contribution < -0.4 is 0 Å². The summed E-state index contributed by atoms with van der Waals surface area (Å²) in [5.74, 6) is -0.453. The minimum absolute atomic E-state index is 0.0474. The van der Waals surface area contributed by atoms with E-state index < -0.39 is 11.9 Å². The minimum atomic E-state index is -0.819. The van der Waals surface area contributed by atoms with Gasteiger partial charge in [0.15, 0.2) is 0 Å². The zero-order chi connectivity index (χ0) is 10.6. The van der Waals surface area contributed by atoms with Gasteiger partial charge < -0.3 is 9.84 Å². The van der Waals surface area contributed by atoms with E-state index in [0.717, 1.165) is 6.20 Å². The van der Waals surface area contributed by atoms with Crippen molar-refractivity contribution in [3.05, 3.63) is 29.8 Å². The first-order valence-electron chi connectivity index (χ1n) is 4.49. The molecular weight excluding hydrogens is 185 g/mol. The molecule has 0 aliphatic heterocycles. The number of halogens is 1. The van der Waals surface area contributed by atoms with Crippen LogP contribution >= 0.6 is 0 Å². The van der Waals surface area contributed by atoms with Crippen molar-refractivity contribution in [1.82, 2.24) is 4.98 Å². The molecule has 1 N–H and O–H groups in total. The second-order valence-electron chi connectivity index (χ2n) is 3.33. The second-order valence-corrected chi connectivity index (χ2v) is 3.33. The maximum atomic E-state index is 12.7. The molecule has 14 heavy (non-hydrogen) atoms.